The van der Waals surface area contributed by atoms with Crippen molar-refractivity contribution < 1.29 is 13.3 Å². The number of aryl methyl sites for hydroxylation is 1. The summed E-state index contributed by atoms with van der Waals surface area (Å²) in [5.41, 5.74) is 1.62. The van der Waals surface area contributed by atoms with Crippen molar-refractivity contribution >= 4 is 0 Å². The van der Waals surface area contributed by atoms with Crippen LogP contribution in [-0.4, -0.2) is 33.1 Å². The maximum atomic E-state index is 13.4. The summed E-state index contributed by atoms with van der Waals surface area (Å²) >= 11 is 0. The lowest BCUT2D eigenvalue weighted by Gasteiger charge is -2.32. The molecule has 1 unspecified atom stereocenters. The average Bonchev–Trinajstić information content (AvgIpc) is 3.19. The van der Waals surface area contributed by atoms with Gasteiger partial charge in [0.1, 0.15) is 0 Å². The molecule has 3 aromatic rings. The lowest BCUT2D eigenvalue weighted by molar-refractivity contribution is 0.161. The normalized spacial score (nSPS) is 17.7. The number of piperidine rings is 1. The molecular formula is C21H22F2N4O. The van der Waals surface area contributed by atoms with E-state index >= 15 is 0 Å². The van der Waals surface area contributed by atoms with Gasteiger partial charge in [-0.2, -0.15) is 4.98 Å². The first-order chi connectivity index (χ1) is 13.7. The van der Waals surface area contributed by atoms with Crippen molar-refractivity contribution in [1.82, 2.24) is 20.0 Å². The van der Waals surface area contributed by atoms with Crippen LogP contribution in [-0.2, 0) is 13.0 Å². The van der Waals surface area contributed by atoms with E-state index in [4.69, 9.17) is 4.52 Å². The molecule has 1 atom stereocenters. The summed E-state index contributed by atoms with van der Waals surface area (Å²) in [5.74, 6) is 0.140. The molecule has 5 nitrogen and oxygen atoms in total. The minimum absolute atomic E-state index is 0.492. The van der Waals surface area contributed by atoms with Gasteiger partial charge >= 0.3 is 0 Å². The fraction of sp³-hybridized carbons (Fsp3) is 0.381. The van der Waals surface area contributed by atoms with E-state index in [9.17, 15) is 8.78 Å². The molecule has 0 aliphatic carbocycles. The van der Waals surface area contributed by atoms with Crippen molar-refractivity contribution in [2.75, 3.05) is 13.1 Å². The van der Waals surface area contributed by atoms with Gasteiger partial charge in [0.2, 0.25) is 0 Å². The zero-order chi connectivity index (χ0) is 19.3. The van der Waals surface area contributed by atoms with Gasteiger partial charge in [-0.3, -0.25) is 9.88 Å². The fourth-order valence-electron chi connectivity index (χ4n) is 3.72. The van der Waals surface area contributed by atoms with Gasteiger partial charge in [-0.25, -0.2) is 8.78 Å². The number of nitrogens with zero attached hydrogens (tertiary/aromatic N) is 4. The highest BCUT2D eigenvalue weighted by Crippen LogP contribution is 2.24. The number of benzene rings is 1. The van der Waals surface area contributed by atoms with Crippen LogP contribution in [0.2, 0.25) is 0 Å². The average molecular weight is 384 g/mol. The van der Waals surface area contributed by atoms with Gasteiger partial charge in [0, 0.05) is 31.9 Å². The monoisotopic (exact) mass is 384 g/mol. The summed E-state index contributed by atoms with van der Waals surface area (Å²) < 4.78 is 31.9. The molecule has 0 spiro atoms. The zero-order valence-corrected chi connectivity index (χ0v) is 15.5. The third-order valence-electron chi connectivity index (χ3n) is 5.15. The van der Waals surface area contributed by atoms with Crippen LogP contribution in [0.25, 0.3) is 11.5 Å². The van der Waals surface area contributed by atoms with E-state index in [1.807, 2.05) is 12.1 Å². The van der Waals surface area contributed by atoms with Crippen molar-refractivity contribution in [1.29, 1.82) is 0 Å². The topological polar surface area (TPSA) is 55.1 Å². The first-order valence-electron chi connectivity index (χ1n) is 9.56. The minimum atomic E-state index is -0.800. The molecule has 0 amide bonds. The van der Waals surface area contributed by atoms with Crippen LogP contribution >= 0.6 is 0 Å². The molecule has 1 fully saturated rings. The highest BCUT2D eigenvalue weighted by atomic mass is 19.2. The first-order valence-corrected chi connectivity index (χ1v) is 9.56. The molecule has 28 heavy (non-hydrogen) atoms. The molecular weight excluding hydrogens is 362 g/mol. The molecule has 1 aromatic carbocycles. The second kappa shape index (κ2) is 8.56. The number of likely N-dealkylation sites (tertiary alicyclic amines) is 1. The van der Waals surface area contributed by atoms with Gasteiger partial charge < -0.3 is 4.52 Å². The Morgan fingerprint density at radius 2 is 2.11 bits per heavy atom. The minimum Gasteiger partial charge on any atom is -0.334 e. The highest BCUT2D eigenvalue weighted by Gasteiger charge is 2.21. The van der Waals surface area contributed by atoms with E-state index in [-0.39, 0.29) is 0 Å². The molecule has 1 aliphatic heterocycles. The SMILES string of the molecule is Fc1ccc(CN2CCCC(CCc3noc(-c4cccnc4)n3)C2)cc1F. The van der Waals surface area contributed by atoms with Crippen LogP contribution in [0.5, 0.6) is 0 Å². The van der Waals surface area contributed by atoms with E-state index in [2.05, 4.69) is 20.0 Å². The van der Waals surface area contributed by atoms with Crippen LogP contribution in [0.3, 0.4) is 0 Å². The van der Waals surface area contributed by atoms with Crippen LogP contribution in [0.15, 0.2) is 47.2 Å². The van der Waals surface area contributed by atoms with E-state index in [1.54, 1.807) is 18.5 Å². The van der Waals surface area contributed by atoms with E-state index in [0.29, 0.717) is 24.2 Å². The summed E-state index contributed by atoms with van der Waals surface area (Å²) in [5, 5.41) is 4.08. The summed E-state index contributed by atoms with van der Waals surface area (Å²) in [7, 11) is 0. The van der Waals surface area contributed by atoms with Gasteiger partial charge in [0.15, 0.2) is 17.5 Å². The first kappa shape index (κ1) is 18.7. The lowest BCUT2D eigenvalue weighted by Crippen LogP contribution is -2.35. The van der Waals surface area contributed by atoms with Crippen molar-refractivity contribution in [3.8, 4) is 11.5 Å². The van der Waals surface area contributed by atoms with E-state index in [1.165, 1.54) is 12.1 Å². The van der Waals surface area contributed by atoms with Crippen molar-refractivity contribution in [3.63, 3.8) is 0 Å². The predicted molar refractivity (Wildman–Crippen MR) is 100 cm³/mol. The summed E-state index contributed by atoms with van der Waals surface area (Å²) in [6.07, 6.45) is 7.39. The molecule has 1 aliphatic rings. The maximum Gasteiger partial charge on any atom is 0.259 e. The van der Waals surface area contributed by atoms with Crippen molar-refractivity contribution in [2.45, 2.75) is 32.2 Å². The largest absolute Gasteiger partial charge is 0.334 e. The van der Waals surface area contributed by atoms with Crippen LogP contribution in [0, 0.1) is 17.6 Å². The number of hydrogen-bond donors (Lipinski definition) is 0. The van der Waals surface area contributed by atoms with E-state index < -0.39 is 11.6 Å². The zero-order valence-electron chi connectivity index (χ0n) is 15.5. The summed E-state index contributed by atoms with van der Waals surface area (Å²) in [6.45, 7) is 2.55. The number of hydrogen-bond acceptors (Lipinski definition) is 5. The Morgan fingerprint density at radius 1 is 1.18 bits per heavy atom. The van der Waals surface area contributed by atoms with Crippen LogP contribution in [0.4, 0.5) is 8.78 Å². The Bertz CT molecular complexity index is 916. The Balaban J connectivity index is 1.30. The number of pyridine rings is 1. The van der Waals surface area contributed by atoms with Crippen molar-refractivity contribution in [3.05, 3.63) is 65.7 Å². The molecule has 0 radical (unpaired) electrons. The van der Waals surface area contributed by atoms with Gasteiger partial charge in [0.25, 0.3) is 5.89 Å². The third-order valence-corrected chi connectivity index (χ3v) is 5.15. The summed E-state index contributed by atoms with van der Waals surface area (Å²) in [6, 6.07) is 7.87. The Labute approximate surface area is 162 Å². The quantitative estimate of drug-likeness (QED) is 0.636. The Morgan fingerprint density at radius 3 is 2.93 bits per heavy atom. The van der Waals surface area contributed by atoms with Gasteiger partial charge in [-0.15, -0.1) is 0 Å². The highest BCUT2D eigenvalue weighted by molar-refractivity contribution is 5.50. The molecule has 7 heteroatoms. The molecule has 146 valence electrons. The molecule has 1 saturated heterocycles. The second-order valence-corrected chi connectivity index (χ2v) is 7.29. The van der Waals surface area contributed by atoms with Crippen molar-refractivity contribution in [2.24, 2.45) is 5.92 Å². The fourth-order valence-corrected chi connectivity index (χ4v) is 3.72. The third kappa shape index (κ3) is 4.59. The van der Waals surface area contributed by atoms with E-state index in [0.717, 1.165) is 49.9 Å². The smallest absolute Gasteiger partial charge is 0.259 e. The molecule has 3 heterocycles. The van der Waals surface area contributed by atoms with Gasteiger partial charge in [0.05, 0.1) is 5.56 Å². The lowest BCUT2D eigenvalue weighted by atomic mass is 9.93. The second-order valence-electron chi connectivity index (χ2n) is 7.29. The molecule has 2 aromatic heterocycles. The molecule has 0 saturated carbocycles. The molecule has 4 rings (SSSR count). The Hall–Kier alpha value is -2.67. The maximum absolute atomic E-state index is 13.4. The standard InChI is InChI=1S/C21H22F2N4O/c22-18-7-5-16(11-19(18)23)14-27-10-2-3-15(13-27)6-8-20-25-21(28-26-20)17-4-1-9-24-12-17/h1,4-5,7,9,11-12,15H,2-3,6,8,10,13-14H2. The number of aromatic nitrogens is 3. The van der Waals surface area contributed by atoms with Gasteiger partial charge in [-0.05, 0) is 61.6 Å². The molecule has 0 N–H and O–H groups in total. The molecule has 0 bridgehead atoms. The Kier molecular flexibility index (Phi) is 5.71. The predicted octanol–water partition coefficient (Wildman–Crippen LogP) is 4.25. The number of rotatable bonds is 6. The number of halogens is 2. The van der Waals surface area contributed by atoms with Crippen LogP contribution < -0.4 is 0 Å². The van der Waals surface area contributed by atoms with Gasteiger partial charge in [-0.1, -0.05) is 11.2 Å². The van der Waals surface area contributed by atoms with Crippen LogP contribution in [0.1, 0.15) is 30.7 Å². The summed E-state index contributed by atoms with van der Waals surface area (Å²) in [4.78, 5) is 10.8.